The van der Waals surface area contributed by atoms with Crippen molar-refractivity contribution >= 4 is 11.8 Å². The standard InChI is InChI=1S/C9H12N6S/c1-5(2)3-7-12-13-9-15(7)14-8(11)6(4-10)16-9/h5,14H,3,11H2,1-2H3. The highest BCUT2D eigenvalue weighted by Crippen LogP contribution is 2.29. The van der Waals surface area contributed by atoms with E-state index in [0.717, 1.165) is 12.2 Å². The summed E-state index contributed by atoms with van der Waals surface area (Å²) in [6.45, 7) is 4.22. The molecule has 1 aliphatic rings. The van der Waals surface area contributed by atoms with Crippen molar-refractivity contribution < 1.29 is 0 Å². The summed E-state index contributed by atoms with van der Waals surface area (Å²) in [6.07, 6.45) is 0.815. The smallest absolute Gasteiger partial charge is 0.215 e. The van der Waals surface area contributed by atoms with Crippen LogP contribution in [0.15, 0.2) is 15.9 Å². The van der Waals surface area contributed by atoms with Gasteiger partial charge in [-0.3, -0.25) is 5.43 Å². The molecule has 0 bridgehead atoms. The molecule has 3 N–H and O–H groups in total. The van der Waals surface area contributed by atoms with Crippen molar-refractivity contribution in [1.82, 2.24) is 14.9 Å². The Morgan fingerprint density at radius 1 is 1.56 bits per heavy atom. The number of hydrogen-bond donors (Lipinski definition) is 2. The number of fused-ring (bicyclic) bond motifs is 1. The third-order valence-corrected chi connectivity index (χ3v) is 3.03. The first kappa shape index (κ1) is 10.8. The topological polar surface area (TPSA) is 92.6 Å². The molecule has 2 heterocycles. The molecule has 0 saturated heterocycles. The molecule has 2 rings (SSSR count). The van der Waals surface area contributed by atoms with Crippen molar-refractivity contribution in [3.8, 4) is 6.07 Å². The Bertz CT molecular complexity index is 481. The van der Waals surface area contributed by atoms with E-state index in [4.69, 9.17) is 11.0 Å². The quantitative estimate of drug-likeness (QED) is 0.788. The maximum atomic E-state index is 8.83. The number of rotatable bonds is 2. The highest BCUT2D eigenvalue weighted by molar-refractivity contribution is 8.03. The van der Waals surface area contributed by atoms with E-state index in [0.29, 0.717) is 21.8 Å². The molecule has 0 amide bonds. The molecule has 1 aromatic rings. The molecule has 0 fully saturated rings. The summed E-state index contributed by atoms with van der Waals surface area (Å²) in [5.74, 6) is 1.67. The lowest BCUT2D eigenvalue weighted by molar-refractivity contribution is 0.596. The summed E-state index contributed by atoms with van der Waals surface area (Å²) in [5, 5.41) is 17.6. The zero-order valence-electron chi connectivity index (χ0n) is 9.06. The van der Waals surface area contributed by atoms with Crippen LogP contribution in [0.1, 0.15) is 19.7 Å². The first-order valence-electron chi connectivity index (χ1n) is 4.91. The lowest BCUT2D eigenvalue weighted by Gasteiger charge is -2.18. The molecule has 6 nitrogen and oxygen atoms in total. The van der Waals surface area contributed by atoms with Gasteiger partial charge in [0, 0.05) is 6.42 Å². The van der Waals surface area contributed by atoms with Crippen molar-refractivity contribution in [2.75, 3.05) is 5.43 Å². The average molecular weight is 236 g/mol. The van der Waals surface area contributed by atoms with Crippen LogP contribution in [-0.2, 0) is 6.42 Å². The second kappa shape index (κ2) is 4.06. The maximum absolute atomic E-state index is 8.83. The first-order valence-corrected chi connectivity index (χ1v) is 5.72. The second-order valence-corrected chi connectivity index (χ2v) is 4.88. The van der Waals surface area contributed by atoms with Crippen molar-refractivity contribution in [3.63, 3.8) is 0 Å². The number of aromatic nitrogens is 3. The second-order valence-electron chi connectivity index (χ2n) is 3.90. The molecule has 0 spiro atoms. The van der Waals surface area contributed by atoms with Gasteiger partial charge in [0.25, 0.3) is 0 Å². The zero-order valence-corrected chi connectivity index (χ0v) is 9.88. The van der Waals surface area contributed by atoms with E-state index in [2.05, 4.69) is 29.5 Å². The molecule has 0 atom stereocenters. The van der Waals surface area contributed by atoms with E-state index < -0.39 is 0 Å². The van der Waals surface area contributed by atoms with Gasteiger partial charge >= 0.3 is 0 Å². The van der Waals surface area contributed by atoms with Gasteiger partial charge in [0.15, 0.2) is 5.82 Å². The van der Waals surface area contributed by atoms with E-state index in [1.165, 1.54) is 11.8 Å². The van der Waals surface area contributed by atoms with Gasteiger partial charge in [-0.15, -0.1) is 10.2 Å². The molecule has 0 unspecified atom stereocenters. The van der Waals surface area contributed by atoms with Gasteiger partial charge < -0.3 is 5.73 Å². The van der Waals surface area contributed by atoms with Crippen LogP contribution in [-0.4, -0.2) is 14.9 Å². The molecule has 1 aliphatic heterocycles. The summed E-state index contributed by atoms with van der Waals surface area (Å²) in [4.78, 5) is 0.427. The highest BCUT2D eigenvalue weighted by Gasteiger charge is 2.21. The van der Waals surface area contributed by atoms with E-state index in [1.807, 2.05) is 6.07 Å². The van der Waals surface area contributed by atoms with Crippen LogP contribution in [0.2, 0.25) is 0 Å². The highest BCUT2D eigenvalue weighted by atomic mass is 32.2. The minimum atomic E-state index is 0.352. The summed E-state index contributed by atoms with van der Waals surface area (Å²) in [7, 11) is 0. The third kappa shape index (κ3) is 1.84. The Kier molecular flexibility index (Phi) is 2.75. The van der Waals surface area contributed by atoms with Crippen LogP contribution in [0.4, 0.5) is 0 Å². The predicted molar refractivity (Wildman–Crippen MR) is 60.6 cm³/mol. The predicted octanol–water partition coefficient (Wildman–Crippen LogP) is 0.777. The normalized spacial score (nSPS) is 14.6. The summed E-state index contributed by atoms with van der Waals surface area (Å²) >= 11 is 1.23. The molecule has 7 heteroatoms. The van der Waals surface area contributed by atoms with Gasteiger partial charge in [-0.2, -0.15) is 5.26 Å². The Morgan fingerprint density at radius 2 is 2.31 bits per heavy atom. The largest absolute Gasteiger partial charge is 0.383 e. The number of hydrogen-bond acceptors (Lipinski definition) is 6. The summed E-state index contributed by atoms with van der Waals surface area (Å²) < 4.78 is 1.74. The lowest BCUT2D eigenvalue weighted by atomic mass is 10.1. The molecule has 16 heavy (non-hydrogen) atoms. The number of nitrogens with zero attached hydrogens (tertiary/aromatic N) is 4. The number of nitrogens with two attached hydrogens (primary N) is 1. The van der Waals surface area contributed by atoms with Gasteiger partial charge in [-0.05, 0) is 17.7 Å². The number of nitriles is 1. The van der Waals surface area contributed by atoms with Crippen LogP contribution in [0.5, 0.6) is 0 Å². The SMILES string of the molecule is CC(C)Cc1nnc2n1NC(N)=C(C#N)S2. The fourth-order valence-electron chi connectivity index (χ4n) is 1.38. The van der Waals surface area contributed by atoms with Crippen LogP contribution in [0.25, 0.3) is 0 Å². The molecule has 0 aromatic carbocycles. The Balaban J connectivity index is 2.30. The van der Waals surface area contributed by atoms with Gasteiger partial charge in [0.1, 0.15) is 16.8 Å². The Hall–Kier alpha value is -1.68. The molecule has 0 aliphatic carbocycles. The molecule has 1 aromatic heterocycles. The monoisotopic (exact) mass is 236 g/mol. The summed E-state index contributed by atoms with van der Waals surface area (Å²) in [5.41, 5.74) is 8.63. The van der Waals surface area contributed by atoms with E-state index >= 15 is 0 Å². The number of nitrogens with one attached hydrogen (secondary N) is 1. The molecule has 0 saturated carbocycles. The van der Waals surface area contributed by atoms with Crippen LogP contribution in [0, 0.1) is 17.2 Å². The molecule has 84 valence electrons. The fraction of sp³-hybridized carbons (Fsp3) is 0.444. The van der Waals surface area contributed by atoms with E-state index in [9.17, 15) is 0 Å². The van der Waals surface area contributed by atoms with Gasteiger partial charge in [0.05, 0.1) is 0 Å². The van der Waals surface area contributed by atoms with Crippen molar-refractivity contribution in [1.29, 1.82) is 5.26 Å². The minimum absolute atomic E-state index is 0.352. The van der Waals surface area contributed by atoms with Crippen LogP contribution >= 0.6 is 11.8 Å². The number of allylic oxidation sites excluding steroid dienone is 1. The molecular formula is C9H12N6S. The van der Waals surface area contributed by atoms with Gasteiger partial charge in [0.2, 0.25) is 5.16 Å². The van der Waals surface area contributed by atoms with Gasteiger partial charge in [-0.25, -0.2) is 4.68 Å². The maximum Gasteiger partial charge on any atom is 0.215 e. The zero-order chi connectivity index (χ0) is 11.7. The van der Waals surface area contributed by atoms with Crippen LogP contribution in [0.3, 0.4) is 0 Å². The Labute approximate surface area is 97.5 Å². The summed E-state index contributed by atoms with van der Waals surface area (Å²) in [6, 6.07) is 2.02. The average Bonchev–Trinajstić information content (AvgIpc) is 2.59. The van der Waals surface area contributed by atoms with Gasteiger partial charge in [-0.1, -0.05) is 13.8 Å². The number of thioether (sulfide) groups is 1. The first-order chi connectivity index (χ1) is 7.61. The van der Waals surface area contributed by atoms with Crippen LogP contribution < -0.4 is 11.2 Å². The molecular weight excluding hydrogens is 224 g/mol. The minimum Gasteiger partial charge on any atom is -0.383 e. The fourth-order valence-corrected chi connectivity index (χ4v) is 2.08. The van der Waals surface area contributed by atoms with E-state index in [-0.39, 0.29) is 0 Å². The van der Waals surface area contributed by atoms with Crippen molar-refractivity contribution in [3.05, 3.63) is 16.6 Å². The third-order valence-electron chi connectivity index (χ3n) is 2.06. The molecule has 0 radical (unpaired) electrons. The van der Waals surface area contributed by atoms with Crippen molar-refractivity contribution in [2.24, 2.45) is 11.7 Å². The Morgan fingerprint density at radius 3 is 2.94 bits per heavy atom. The van der Waals surface area contributed by atoms with E-state index in [1.54, 1.807) is 4.68 Å². The van der Waals surface area contributed by atoms with Crippen molar-refractivity contribution in [2.45, 2.75) is 25.4 Å². The lowest BCUT2D eigenvalue weighted by Crippen LogP contribution is -2.27.